The summed E-state index contributed by atoms with van der Waals surface area (Å²) in [6.07, 6.45) is 1.05. The molecule has 1 aliphatic heterocycles. The first-order chi connectivity index (χ1) is 7.65. The van der Waals surface area contributed by atoms with Gasteiger partial charge < -0.3 is 11.5 Å². The van der Waals surface area contributed by atoms with Crippen molar-refractivity contribution in [1.82, 2.24) is 4.90 Å². The van der Waals surface area contributed by atoms with Crippen molar-refractivity contribution in [3.63, 3.8) is 0 Å². The summed E-state index contributed by atoms with van der Waals surface area (Å²) < 4.78 is 0. The summed E-state index contributed by atoms with van der Waals surface area (Å²) in [5.41, 5.74) is 12.8. The Morgan fingerprint density at radius 2 is 2.24 bits per heavy atom. The third-order valence-electron chi connectivity index (χ3n) is 2.93. The van der Waals surface area contributed by atoms with Crippen LogP contribution in [0.5, 0.6) is 0 Å². The van der Waals surface area contributed by atoms with E-state index in [0.29, 0.717) is 11.6 Å². The van der Waals surface area contributed by atoms with E-state index in [1.165, 1.54) is 0 Å². The molecular formula is C12H18ClN3O. The van der Waals surface area contributed by atoms with Gasteiger partial charge in [0.25, 0.3) is 0 Å². The first kappa shape index (κ1) is 14.0. The molecule has 0 saturated carbocycles. The molecule has 4 N–H and O–H groups in total. The van der Waals surface area contributed by atoms with Crippen molar-refractivity contribution in [3.8, 4) is 0 Å². The average molecular weight is 256 g/mol. The van der Waals surface area contributed by atoms with E-state index in [0.717, 1.165) is 31.6 Å². The highest BCUT2D eigenvalue weighted by atomic mass is 35.5. The van der Waals surface area contributed by atoms with Crippen molar-refractivity contribution in [2.24, 2.45) is 11.5 Å². The molecule has 4 nitrogen and oxygen atoms in total. The van der Waals surface area contributed by atoms with Crippen LogP contribution in [0.15, 0.2) is 24.3 Å². The molecule has 94 valence electrons. The predicted octanol–water partition coefficient (Wildman–Crippen LogP) is 0.740. The third-order valence-corrected chi connectivity index (χ3v) is 2.93. The lowest BCUT2D eigenvalue weighted by Gasteiger charge is -2.15. The number of rotatable bonds is 3. The van der Waals surface area contributed by atoms with E-state index in [1.807, 2.05) is 18.2 Å². The van der Waals surface area contributed by atoms with Gasteiger partial charge in [-0.05, 0) is 24.1 Å². The highest BCUT2D eigenvalue weighted by Crippen LogP contribution is 2.13. The number of hydrogen-bond donors (Lipinski definition) is 2. The number of carbonyl (C=O) groups excluding carboxylic acids is 1. The maximum Gasteiger partial charge on any atom is 0.248 e. The maximum atomic E-state index is 11.0. The molecule has 0 bridgehead atoms. The van der Waals surface area contributed by atoms with Gasteiger partial charge in [-0.1, -0.05) is 12.1 Å². The predicted molar refractivity (Wildman–Crippen MR) is 70.1 cm³/mol. The van der Waals surface area contributed by atoms with Crippen LogP contribution in [0.4, 0.5) is 0 Å². The largest absolute Gasteiger partial charge is 0.366 e. The molecule has 1 saturated heterocycles. The van der Waals surface area contributed by atoms with Crippen molar-refractivity contribution in [2.45, 2.75) is 19.0 Å². The minimum atomic E-state index is -0.375. The van der Waals surface area contributed by atoms with Crippen LogP contribution in [-0.2, 0) is 6.54 Å². The molecule has 5 heteroatoms. The van der Waals surface area contributed by atoms with Crippen LogP contribution in [0.2, 0.25) is 0 Å². The summed E-state index contributed by atoms with van der Waals surface area (Å²) >= 11 is 0. The van der Waals surface area contributed by atoms with Crippen molar-refractivity contribution < 1.29 is 4.79 Å². The zero-order valence-corrected chi connectivity index (χ0v) is 10.5. The van der Waals surface area contributed by atoms with Gasteiger partial charge in [0.15, 0.2) is 0 Å². The maximum absolute atomic E-state index is 11.0. The quantitative estimate of drug-likeness (QED) is 0.837. The Kier molecular flexibility index (Phi) is 4.93. The second kappa shape index (κ2) is 6.00. The lowest BCUT2D eigenvalue weighted by atomic mass is 10.1. The Morgan fingerprint density at radius 1 is 1.47 bits per heavy atom. The smallest absolute Gasteiger partial charge is 0.248 e. The summed E-state index contributed by atoms with van der Waals surface area (Å²) in [6, 6.07) is 7.76. The molecule has 0 spiro atoms. The molecular weight excluding hydrogens is 238 g/mol. The van der Waals surface area contributed by atoms with E-state index in [1.54, 1.807) is 6.07 Å². The van der Waals surface area contributed by atoms with Crippen LogP contribution >= 0.6 is 12.4 Å². The fraction of sp³-hybridized carbons (Fsp3) is 0.417. The van der Waals surface area contributed by atoms with Gasteiger partial charge in [-0.3, -0.25) is 9.69 Å². The summed E-state index contributed by atoms with van der Waals surface area (Å²) in [7, 11) is 0. The number of carbonyl (C=O) groups is 1. The van der Waals surface area contributed by atoms with E-state index in [-0.39, 0.29) is 18.3 Å². The van der Waals surface area contributed by atoms with Gasteiger partial charge in [0.05, 0.1) is 0 Å². The molecule has 1 aromatic rings. The number of amides is 1. The molecule has 17 heavy (non-hydrogen) atoms. The Bertz CT molecular complexity index is 397. The second-order valence-electron chi connectivity index (χ2n) is 4.35. The number of halogens is 1. The Labute approximate surface area is 107 Å². The van der Waals surface area contributed by atoms with Crippen molar-refractivity contribution in [1.29, 1.82) is 0 Å². The lowest BCUT2D eigenvalue weighted by Crippen LogP contribution is -2.26. The molecule has 0 aromatic heterocycles. The molecule has 1 heterocycles. The van der Waals surface area contributed by atoms with Gasteiger partial charge in [0, 0.05) is 31.2 Å². The van der Waals surface area contributed by atoms with E-state index < -0.39 is 0 Å². The summed E-state index contributed by atoms with van der Waals surface area (Å²) in [6.45, 7) is 2.80. The van der Waals surface area contributed by atoms with Crippen LogP contribution in [0, 0.1) is 0 Å². The SMILES string of the molecule is Cl.NC(=O)c1cccc(CN2CCC(N)C2)c1. The number of benzene rings is 1. The Balaban J connectivity index is 0.00000144. The first-order valence-electron chi connectivity index (χ1n) is 5.52. The molecule has 2 rings (SSSR count). The highest BCUT2D eigenvalue weighted by molar-refractivity contribution is 5.92. The molecule has 1 atom stereocenters. The Morgan fingerprint density at radius 3 is 2.82 bits per heavy atom. The van der Waals surface area contributed by atoms with E-state index in [9.17, 15) is 4.79 Å². The summed E-state index contributed by atoms with van der Waals surface area (Å²) in [4.78, 5) is 13.3. The third kappa shape index (κ3) is 3.70. The number of primary amides is 1. The van der Waals surface area contributed by atoms with Gasteiger partial charge >= 0.3 is 0 Å². The van der Waals surface area contributed by atoms with E-state index >= 15 is 0 Å². The first-order valence-corrected chi connectivity index (χ1v) is 5.52. The average Bonchev–Trinajstić information content (AvgIpc) is 2.64. The lowest BCUT2D eigenvalue weighted by molar-refractivity contribution is 0.1000. The van der Waals surface area contributed by atoms with Crippen molar-refractivity contribution in [2.75, 3.05) is 13.1 Å². The van der Waals surface area contributed by atoms with Gasteiger partial charge in [-0.25, -0.2) is 0 Å². The molecule has 1 amide bonds. The van der Waals surface area contributed by atoms with Crippen LogP contribution in [0.3, 0.4) is 0 Å². The topological polar surface area (TPSA) is 72.4 Å². The summed E-state index contributed by atoms with van der Waals surface area (Å²) in [5.74, 6) is -0.375. The Hall–Kier alpha value is -1.10. The fourth-order valence-corrected chi connectivity index (χ4v) is 2.09. The van der Waals surface area contributed by atoms with Gasteiger partial charge in [-0.15, -0.1) is 12.4 Å². The minimum absolute atomic E-state index is 0. The molecule has 1 fully saturated rings. The molecule has 0 radical (unpaired) electrons. The van der Waals surface area contributed by atoms with Crippen LogP contribution in [0.25, 0.3) is 0 Å². The zero-order valence-electron chi connectivity index (χ0n) is 9.63. The van der Waals surface area contributed by atoms with Gasteiger partial charge in [0.1, 0.15) is 0 Å². The molecule has 1 aromatic carbocycles. The molecule has 1 unspecified atom stereocenters. The molecule has 0 aliphatic carbocycles. The van der Waals surface area contributed by atoms with Crippen molar-refractivity contribution in [3.05, 3.63) is 35.4 Å². The van der Waals surface area contributed by atoms with Crippen molar-refractivity contribution >= 4 is 18.3 Å². The normalized spacial score (nSPS) is 19.9. The van der Waals surface area contributed by atoms with Gasteiger partial charge in [-0.2, -0.15) is 0 Å². The number of nitrogens with zero attached hydrogens (tertiary/aromatic N) is 1. The highest BCUT2D eigenvalue weighted by Gasteiger charge is 2.18. The summed E-state index contributed by atoms with van der Waals surface area (Å²) in [5, 5.41) is 0. The number of nitrogens with two attached hydrogens (primary N) is 2. The number of hydrogen-bond acceptors (Lipinski definition) is 3. The monoisotopic (exact) mass is 255 g/mol. The fourth-order valence-electron chi connectivity index (χ4n) is 2.09. The second-order valence-corrected chi connectivity index (χ2v) is 4.35. The molecule has 1 aliphatic rings. The van der Waals surface area contributed by atoms with Crippen LogP contribution < -0.4 is 11.5 Å². The zero-order chi connectivity index (χ0) is 11.5. The minimum Gasteiger partial charge on any atom is -0.366 e. The van der Waals surface area contributed by atoms with E-state index in [4.69, 9.17) is 11.5 Å². The van der Waals surface area contributed by atoms with Crippen LogP contribution in [0.1, 0.15) is 22.3 Å². The van der Waals surface area contributed by atoms with Gasteiger partial charge in [0.2, 0.25) is 5.91 Å². The standard InChI is InChI=1S/C12H17N3O.ClH/c13-11-4-5-15(8-11)7-9-2-1-3-10(6-9)12(14)16;/h1-3,6,11H,4-5,7-8,13H2,(H2,14,16);1H. The van der Waals surface area contributed by atoms with E-state index in [2.05, 4.69) is 4.90 Å². The van der Waals surface area contributed by atoms with Crippen LogP contribution in [-0.4, -0.2) is 29.9 Å². The number of likely N-dealkylation sites (tertiary alicyclic amines) is 1.